The number of piperidine rings is 1. The van der Waals surface area contributed by atoms with Gasteiger partial charge < -0.3 is 14.4 Å². The zero-order valence-electron chi connectivity index (χ0n) is 19.9. The van der Waals surface area contributed by atoms with E-state index in [4.69, 9.17) is 9.47 Å². The van der Waals surface area contributed by atoms with Gasteiger partial charge in [-0.15, -0.1) is 0 Å². The maximum Gasteiger partial charge on any atom is 0.283 e. The Morgan fingerprint density at radius 1 is 1.19 bits per heavy atom. The lowest BCUT2D eigenvalue weighted by molar-refractivity contribution is 0.0975. The van der Waals surface area contributed by atoms with Crippen molar-refractivity contribution in [2.45, 2.75) is 49.8 Å². The SMILES string of the molecule is CC1(S(=O)(=O)NC(=O)c2cnc3ccc(N4CCCCC4c4cc(F)cc5c4OCCO5)cn23)CC1. The number of nitrogens with one attached hydrogen (secondary N) is 1. The highest BCUT2D eigenvalue weighted by molar-refractivity contribution is 7.91. The molecular weight excluding hydrogens is 487 g/mol. The van der Waals surface area contributed by atoms with Crippen LogP contribution in [-0.4, -0.2) is 48.2 Å². The van der Waals surface area contributed by atoms with Gasteiger partial charge in [-0.05, 0) is 57.2 Å². The van der Waals surface area contributed by atoms with E-state index in [2.05, 4.69) is 14.6 Å². The summed E-state index contributed by atoms with van der Waals surface area (Å²) in [6, 6.07) is 6.40. The van der Waals surface area contributed by atoms with Crippen LogP contribution in [0.1, 0.15) is 61.1 Å². The number of amides is 1. The Balaban J connectivity index is 1.36. The van der Waals surface area contributed by atoms with E-state index >= 15 is 0 Å². The largest absolute Gasteiger partial charge is 0.486 e. The van der Waals surface area contributed by atoms with Gasteiger partial charge in [0.15, 0.2) is 11.5 Å². The molecule has 6 rings (SSSR count). The number of carbonyl (C=O) groups excluding carboxylic acids is 1. The van der Waals surface area contributed by atoms with Gasteiger partial charge >= 0.3 is 0 Å². The van der Waals surface area contributed by atoms with Gasteiger partial charge in [-0.25, -0.2) is 22.5 Å². The second-order valence-electron chi connectivity index (χ2n) is 9.87. The van der Waals surface area contributed by atoms with Gasteiger partial charge in [0, 0.05) is 24.4 Å². The highest BCUT2D eigenvalue weighted by Gasteiger charge is 2.51. The topological polar surface area (TPSA) is 102 Å². The lowest BCUT2D eigenvalue weighted by Gasteiger charge is -2.39. The third-order valence-electron chi connectivity index (χ3n) is 7.38. The van der Waals surface area contributed by atoms with Crippen LogP contribution in [0.2, 0.25) is 0 Å². The number of hydrogen-bond acceptors (Lipinski definition) is 7. The first kappa shape index (κ1) is 23.1. The van der Waals surface area contributed by atoms with E-state index in [1.807, 2.05) is 6.07 Å². The minimum Gasteiger partial charge on any atom is -0.486 e. The zero-order valence-corrected chi connectivity index (χ0v) is 20.7. The van der Waals surface area contributed by atoms with Crippen LogP contribution >= 0.6 is 0 Å². The molecule has 1 aliphatic carbocycles. The second-order valence-corrected chi connectivity index (χ2v) is 12.1. The van der Waals surface area contributed by atoms with Crippen molar-refractivity contribution in [1.82, 2.24) is 14.1 Å². The van der Waals surface area contributed by atoms with Gasteiger partial charge in [-0.2, -0.15) is 0 Å². The summed E-state index contributed by atoms with van der Waals surface area (Å²) in [5, 5.41) is 0. The van der Waals surface area contributed by atoms with E-state index < -0.39 is 20.7 Å². The quantitative estimate of drug-likeness (QED) is 0.555. The number of anilines is 1. The number of imidazole rings is 1. The molecule has 1 atom stereocenters. The van der Waals surface area contributed by atoms with E-state index in [-0.39, 0.29) is 17.6 Å². The molecule has 1 unspecified atom stereocenters. The van der Waals surface area contributed by atoms with Gasteiger partial charge in [-0.3, -0.25) is 9.20 Å². The van der Waals surface area contributed by atoms with Crippen LogP contribution in [0.3, 0.4) is 0 Å². The van der Waals surface area contributed by atoms with Crippen LogP contribution in [0.5, 0.6) is 11.5 Å². The Hall–Kier alpha value is -3.34. The van der Waals surface area contributed by atoms with Crippen molar-refractivity contribution in [3.8, 4) is 11.5 Å². The van der Waals surface area contributed by atoms with E-state index in [0.29, 0.717) is 43.2 Å². The maximum absolute atomic E-state index is 14.5. The Morgan fingerprint density at radius 2 is 2.00 bits per heavy atom. The molecule has 1 aromatic carbocycles. The van der Waals surface area contributed by atoms with Gasteiger partial charge in [0.2, 0.25) is 10.0 Å². The fraction of sp³-hybridized carbons (Fsp3) is 0.440. The number of benzene rings is 1. The Kier molecular flexibility index (Phi) is 5.36. The molecule has 1 saturated carbocycles. The van der Waals surface area contributed by atoms with Gasteiger partial charge in [0.25, 0.3) is 5.91 Å². The first-order valence-corrected chi connectivity index (χ1v) is 13.6. The normalized spacial score (nSPS) is 20.8. The smallest absolute Gasteiger partial charge is 0.283 e. The molecule has 11 heteroatoms. The molecule has 190 valence electrons. The van der Waals surface area contributed by atoms with Crippen molar-refractivity contribution in [2.75, 3.05) is 24.7 Å². The predicted molar refractivity (Wildman–Crippen MR) is 131 cm³/mol. The predicted octanol–water partition coefficient (Wildman–Crippen LogP) is 3.59. The fourth-order valence-electron chi connectivity index (χ4n) is 5.01. The number of carbonyl (C=O) groups is 1. The monoisotopic (exact) mass is 514 g/mol. The maximum atomic E-state index is 14.5. The van der Waals surface area contributed by atoms with Crippen molar-refractivity contribution >= 4 is 27.3 Å². The Labute approximate surface area is 208 Å². The Bertz CT molecular complexity index is 1470. The highest BCUT2D eigenvalue weighted by Crippen LogP contribution is 2.45. The summed E-state index contributed by atoms with van der Waals surface area (Å²) in [4.78, 5) is 19.4. The molecule has 36 heavy (non-hydrogen) atoms. The number of rotatable bonds is 5. The zero-order chi connectivity index (χ0) is 25.1. The molecule has 9 nitrogen and oxygen atoms in total. The van der Waals surface area contributed by atoms with Crippen LogP contribution in [0.25, 0.3) is 5.65 Å². The van der Waals surface area contributed by atoms with Crippen molar-refractivity contribution in [3.05, 3.63) is 53.7 Å². The first-order valence-electron chi connectivity index (χ1n) is 12.2. The average Bonchev–Trinajstić information content (AvgIpc) is 3.49. The lowest BCUT2D eigenvalue weighted by Crippen LogP contribution is -2.38. The van der Waals surface area contributed by atoms with E-state index in [9.17, 15) is 17.6 Å². The minimum absolute atomic E-state index is 0.133. The van der Waals surface area contributed by atoms with E-state index in [0.717, 1.165) is 37.1 Å². The summed E-state index contributed by atoms with van der Waals surface area (Å²) in [5.41, 5.74) is 2.20. The molecule has 3 aliphatic rings. The van der Waals surface area contributed by atoms with Crippen LogP contribution in [0.15, 0.2) is 36.7 Å². The summed E-state index contributed by atoms with van der Waals surface area (Å²) in [6.07, 6.45) is 6.95. The lowest BCUT2D eigenvalue weighted by atomic mass is 9.93. The molecular formula is C25H27FN4O5S. The molecule has 0 bridgehead atoms. The van der Waals surface area contributed by atoms with Gasteiger partial charge in [-0.1, -0.05) is 0 Å². The fourth-order valence-corrected chi connectivity index (χ4v) is 6.24. The molecule has 1 amide bonds. The number of aromatic nitrogens is 2. The van der Waals surface area contributed by atoms with E-state index in [1.165, 1.54) is 18.3 Å². The van der Waals surface area contributed by atoms with Crippen LogP contribution in [-0.2, 0) is 10.0 Å². The second kappa shape index (κ2) is 8.36. The Morgan fingerprint density at radius 3 is 2.81 bits per heavy atom. The minimum atomic E-state index is -3.78. The molecule has 2 fully saturated rings. The van der Waals surface area contributed by atoms with Crippen LogP contribution < -0.4 is 19.1 Å². The number of nitrogens with zero attached hydrogens (tertiary/aromatic N) is 3. The molecule has 0 radical (unpaired) electrons. The number of halogens is 1. The molecule has 0 spiro atoms. The number of ether oxygens (including phenoxy) is 2. The summed E-state index contributed by atoms with van der Waals surface area (Å²) in [6.45, 7) is 3.14. The molecule has 2 aromatic heterocycles. The summed E-state index contributed by atoms with van der Waals surface area (Å²) >= 11 is 0. The molecule has 2 aliphatic heterocycles. The first-order chi connectivity index (χ1) is 17.3. The molecule has 3 aromatic rings. The highest BCUT2D eigenvalue weighted by atomic mass is 32.2. The molecule has 1 saturated heterocycles. The summed E-state index contributed by atoms with van der Waals surface area (Å²) in [5.74, 6) is -0.111. The number of hydrogen-bond donors (Lipinski definition) is 1. The standard InChI is InChI=1S/C25H27FN4O5S/c1-25(7-8-25)36(32,33)28-24(31)20-14-27-22-6-5-17(15-30(20)22)29-9-3-2-4-19(29)18-12-16(26)13-21-23(18)35-11-10-34-21/h5-6,12-15,19H,2-4,7-11H2,1H3,(H,28,31). The summed E-state index contributed by atoms with van der Waals surface area (Å²) in [7, 11) is -3.78. The van der Waals surface area contributed by atoms with Crippen molar-refractivity contribution in [3.63, 3.8) is 0 Å². The number of fused-ring (bicyclic) bond motifs is 2. The summed E-state index contributed by atoms with van der Waals surface area (Å²) < 4.78 is 54.1. The number of pyridine rings is 1. The van der Waals surface area contributed by atoms with Crippen LogP contribution in [0, 0.1) is 5.82 Å². The van der Waals surface area contributed by atoms with Crippen molar-refractivity contribution in [2.24, 2.45) is 0 Å². The van der Waals surface area contributed by atoms with Crippen molar-refractivity contribution in [1.29, 1.82) is 0 Å². The number of sulfonamides is 1. The van der Waals surface area contributed by atoms with Crippen molar-refractivity contribution < 1.29 is 27.1 Å². The van der Waals surface area contributed by atoms with Gasteiger partial charge in [0.1, 0.15) is 30.4 Å². The van der Waals surface area contributed by atoms with E-state index in [1.54, 1.807) is 23.6 Å². The van der Waals surface area contributed by atoms with Gasteiger partial charge in [0.05, 0.1) is 22.7 Å². The third-order valence-corrected chi connectivity index (χ3v) is 9.54. The van der Waals surface area contributed by atoms with Crippen LogP contribution in [0.4, 0.5) is 10.1 Å². The molecule has 1 N–H and O–H groups in total. The average molecular weight is 515 g/mol. The molecule has 4 heterocycles. The third kappa shape index (κ3) is 3.85.